The Morgan fingerprint density at radius 1 is 1.65 bits per heavy atom. The lowest BCUT2D eigenvalue weighted by Gasteiger charge is -2.18. The van der Waals surface area contributed by atoms with Crippen LogP contribution in [-0.2, 0) is 0 Å². The third-order valence-corrected chi connectivity index (χ3v) is 2.92. The Kier molecular flexibility index (Phi) is 4.59. The Morgan fingerprint density at radius 2 is 2.29 bits per heavy atom. The van der Waals surface area contributed by atoms with Crippen LogP contribution < -0.4 is 11.5 Å². The fourth-order valence-electron chi connectivity index (χ4n) is 1.87. The van der Waals surface area contributed by atoms with Crippen LogP contribution in [0.1, 0.15) is 31.6 Å². The van der Waals surface area contributed by atoms with Crippen LogP contribution in [0.3, 0.4) is 0 Å². The SMILES string of the molecule is Cc1ncc([N+](=O)[O-])n1C(C)C(N)CCCN. The van der Waals surface area contributed by atoms with Crippen molar-refractivity contribution >= 4 is 5.82 Å². The Hall–Kier alpha value is -1.47. The molecule has 96 valence electrons. The second-order valence-corrected chi connectivity index (χ2v) is 4.13. The first kappa shape index (κ1) is 13.6. The van der Waals surface area contributed by atoms with E-state index >= 15 is 0 Å². The topological polar surface area (TPSA) is 113 Å². The molecule has 7 heteroatoms. The Labute approximate surface area is 100.0 Å². The second-order valence-electron chi connectivity index (χ2n) is 4.13. The summed E-state index contributed by atoms with van der Waals surface area (Å²) in [6.07, 6.45) is 2.82. The summed E-state index contributed by atoms with van der Waals surface area (Å²) in [5.41, 5.74) is 11.4. The highest BCUT2D eigenvalue weighted by Crippen LogP contribution is 2.23. The lowest BCUT2D eigenvalue weighted by molar-refractivity contribution is -0.392. The van der Waals surface area contributed by atoms with Gasteiger partial charge in [-0.2, -0.15) is 0 Å². The van der Waals surface area contributed by atoms with E-state index in [2.05, 4.69) is 4.98 Å². The van der Waals surface area contributed by atoms with E-state index in [0.29, 0.717) is 12.4 Å². The van der Waals surface area contributed by atoms with E-state index in [1.165, 1.54) is 6.20 Å². The summed E-state index contributed by atoms with van der Waals surface area (Å²) in [5.74, 6) is 0.589. The van der Waals surface area contributed by atoms with Crippen molar-refractivity contribution in [3.05, 3.63) is 22.1 Å². The highest BCUT2D eigenvalue weighted by atomic mass is 16.6. The van der Waals surface area contributed by atoms with Crippen LogP contribution in [0.5, 0.6) is 0 Å². The van der Waals surface area contributed by atoms with E-state index in [9.17, 15) is 10.1 Å². The van der Waals surface area contributed by atoms with Crippen LogP contribution in [-0.4, -0.2) is 27.1 Å². The number of hydrogen-bond donors (Lipinski definition) is 2. The van der Waals surface area contributed by atoms with Gasteiger partial charge in [0.25, 0.3) is 0 Å². The number of nitro groups is 1. The molecule has 1 heterocycles. The quantitative estimate of drug-likeness (QED) is 0.563. The number of hydrogen-bond acceptors (Lipinski definition) is 5. The first-order chi connectivity index (χ1) is 7.99. The van der Waals surface area contributed by atoms with E-state index in [1.54, 1.807) is 11.5 Å². The molecule has 0 aliphatic rings. The predicted molar refractivity (Wildman–Crippen MR) is 64.6 cm³/mol. The minimum atomic E-state index is -0.438. The summed E-state index contributed by atoms with van der Waals surface area (Å²) < 4.78 is 1.57. The van der Waals surface area contributed by atoms with Gasteiger partial charge < -0.3 is 21.6 Å². The zero-order valence-electron chi connectivity index (χ0n) is 10.2. The average molecular weight is 241 g/mol. The molecule has 0 aliphatic carbocycles. The Balaban J connectivity index is 2.90. The number of aromatic nitrogens is 2. The van der Waals surface area contributed by atoms with Gasteiger partial charge in [0.15, 0.2) is 5.82 Å². The molecule has 0 aromatic carbocycles. The number of aryl methyl sites for hydroxylation is 1. The minimum absolute atomic E-state index is 0.0156. The van der Waals surface area contributed by atoms with E-state index in [4.69, 9.17) is 11.5 Å². The van der Waals surface area contributed by atoms with E-state index in [0.717, 1.165) is 12.8 Å². The lowest BCUT2D eigenvalue weighted by Crippen LogP contribution is -2.32. The Bertz CT molecular complexity index is 390. The van der Waals surface area contributed by atoms with Gasteiger partial charge in [0.2, 0.25) is 0 Å². The van der Waals surface area contributed by atoms with Crippen molar-refractivity contribution in [1.82, 2.24) is 9.55 Å². The molecule has 7 nitrogen and oxygen atoms in total. The molecule has 1 aromatic rings. The van der Waals surface area contributed by atoms with E-state index in [1.807, 2.05) is 6.92 Å². The lowest BCUT2D eigenvalue weighted by atomic mass is 10.1. The summed E-state index contributed by atoms with van der Waals surface area (Å²) in [7, 11) is 0. The Morgan fingerprint density at radius 3 is 2.82 bits per heavy atom. The molecule has 0 fully saturated rings. The van der Waals surface area contributed by atoms with Crippen LogP contribution in [0.15, 0.2) is 6.20 Å². The van der Waals surface area contributed by atoms with Gasteiger partial charge in [0, 0.05) is 13.0 Å². The maximum absolute atomic E-state index is 10.9. The number of rotatable bonds is 6. The standard InChI is InChI=1S/C10H19N5O2/c1-7(9(12)4-3-5-11)14-8(2)13-6-10(14)15(16)17/h6-7,9H,3-5,11-12H2,1-2H3. The van der Waals surface area contributed by atoms with Gasteiger partial charge in [-0.1, -0.05) is 0 Å². The monoisotopic (exact) mass is 241 g/mol. The molecule has 0 bridgehead atoms. The molecule has 0 radical (unpaired) electrons. The summed E-state index contributed by atoms with van der Waals surface area (Å²) in [6, 6.07) is -0.324. The van der Waals surface area contributed by atoms with Gasteiger partial charge in [0.05, 0.1) is 0 Å². The molecule has 0 spiro atoms. The number of imidazole rings is 1. The molecular weight excluding hydrogens is 222 g/mol. The van der Waals surface area contributed by atoms with E-state index in [-0.39, 0.29) is 17.9 Å². The van der Waals surface area contributed by atoms with Crippen molar-refractivity contribution in [3.8, 4) is 0 Å². The summed E-state index contributed by atoms with van der Waals surface area (Å²) >= 11 is 0. The van der Waals surface area contributed by atoms with Gasteiger partial charge in [0.1, 0.15) is 12.2 Å². The molecule has 0 amide bonds. The maximum atomic E-state index is 10.9. The average Bonchev–Trinajstić information content (AvgIpc) is 2.67. The minimum Gasteiger partial charge on any atom is -0.358 e. The first-order valence-corrected chi connectivity index (χ1v) is 5.63. The van der Waals surface area contributed by atoms with Gasteiger partial charge in [-0.25, -0.2) is 9.55 Å². The highest BCUT2D eigenvalue weighted by Gasteiger charge is 2.26. The van der Waals surface area contributed by atoms with Crippen molar-refractivity contribution in [2.75, 3.05) is 6.54 Å². The molecule has 2 atom stereocenters. The summed E-state index contributed by atoms with van der Waals surface area (Å²) in [6.45, 7) is 4.17. The largest absolute Gasteiger partial charge is 0.358 e. The van der Waals surface area contributed by atoms with Gasteiger partial charge >= 0.3 is 5.82 Å². The second kappa shape index (κ2) is 5.74. The fourth-order valence-corrected chi connectivity index (χ4v) is 1.87. The number of nitrogens with zero attached hydrogens (tertiary/aromatic N) is 3. The van der Waals surface area contributed by atoms with Crippen molar-refractivity contribution in [3.63, 3.8) is 0 Å². The molecule has 2 unspecified atom stereocenters. The zero-order valence-corrected chi connectivity index (χ0v) is 10.2. The highest BCUT2D eigenvalue weighted by molar-refractivity contribution is 5.20. The van der Waals surface area contributed by atoms with Crippen LogP contribution in [0, 0.1) is 17.0 Å². The van der Waals surface area contributed by atoms with Crippen molar-refractivity contribution < 1.29 is 4.92 Å². The summed E-state index contributed by atoms with van der Waals surface area (Å²) in [5, 5.41) is 10.9. The maximum Gasteiger partial charge on any atom is 0.343 e. The molecule has 0 saturated heterocycles. The molecule has 17 heavy (non-hydrogen) atoms. The smallest absolute Gasteiger partial charge is 0.343 e. The summed E-state index contributed by atoms with van der Waals surface area (Å²) in [4.78, 5) is 14.4. The van der Waals surface area contributed by atoms with Gasteiger partial charge in [-0.05, 0) is 31.2 Å². The normalized spacial score (nSPS) is 14.6. The molecule has 1 aromatic heterocycles. The molecule has 1 rings (SSSR count). The third-order valence-electron chi connectivity index (χ3n) is 2.92. The van der Waals surface area contributed by atoms with Crippen molar-refractivity contribution in [2.45, 2.75) is 38.8 Å². The molecular formula is C10H19N5O2. The molecule has 4 N–H and O–H groups in total. The van der Waals surface area contributed by atoms with Gasteiger partial charge in [-0.15, -0.1) is 0 Å². The zero-order chi connectivity index (χ0) is 13.0. The van der Waals surface area contributed by atoms with Crippen LogP contribution in [0.2, 0.25) is 0 Å². The predicted octanol–water partition coefficient (Wildman–Crippen LogP) is 0.727. The molecule has 0 aliphatic heterocycles. The third kappa shape index (κ3) is 3.01. The van der Waals surface area contributed by atoms with Gasteiger partial charge in [-0.3, -0.25) is 0 Å². The van der Waals surface area contributed by atoms with Crippen LogP contribution in [0.25, 0.3) is 0 Å². The number of nitrogens with two attached hydrogens (primary N) is 2. The van der Waals surface area contributed by atoms with Crippen LogP contribution >= 0.6 is 0 Å². The fraction of sp³-hybridized carbons (Fsp3) is 0.700. The van der Waals surface area contributed by atoms with Crippen molar-refractivity contribution in [1.29, 1.82) is 0 Å². The first-order valence-electron chi connectivity index (χ1n) is 5.63. The van der Waals surface area contributed by atoms with Crippen molar-refractivity contribution in [2.24, 2.45) is 11.5 Å². The molecule has 0 saturated carbocycles. The van der Waals surface area contributed by atoms with E-state index < -0.39 is 4.92 Å². The van der Waals surface area contributed by atoms with Crippen LogP contribution in [0.4, 0.5) is 5.82 Å².